The first kappa shape index (κ1) is 40.8. The zero-order valence-electron chi connectivity index (χ0n) is 28.9. The Kier molecular flexibility index (Phi) is 13.9. The average Bonchev–Trinajstić information content (AvgIpc) is 3.93. The number of hydrogen-bond donors (Lipinski definition) is 1. The van der Waals surface area contributed by atoms with Crippen LogP contribution in [0.3, 0.4) is 0 Å². The minimum absolute atomic E-state index is 0.0101. The first-order valence-electron chi connectivity index (χ1n) is 16.6. The molecule has 0 spiro atoms. The molecule has 10 nitrogen and oxygen atoms in total. The topological polar surface area (TPSA) is 114 Å². The Morgan fingerprint density at radius 3 is 1.48 bits per heavy atom. The van der Waals surface area contributed by atoms with Gasteiger partial charge in [0.05, 0.1) is 17.7 Å². The third kappa shape index (κ3) is 12.0. The van der Waals surface area contributed by atoms with Crippen molar-refractivity contribution < 1.29 is 45.8 Å². The van der Waals surface area contributed by atoms with Crippen molar-refractivity contribution >= 4 is 11.9 Å². The zero-order chi connectivity index (χ0) is 37.6. The molecular formula is C34H46F6N4O6. The van der Waals surface area contributed by atoms with Crippen molar-refractivity contribution in [2.24, 2.45) is 11.8 Å². The van der Waals surface area contributed by atoms with E-state index in [0.29, 0.717) is 37.6 Å². The van der Waals surface area contributed by atoms with Crippen molar-refractivity contribution in [2.45, 2.75) is 82.7 Å². The van der Waals surface area contributed by atoms with Gasteiger partial charge in [-0.05, 0) is 83.8 Å². The minimum Gasteiger partial charge on any atom is -0.480 e. The maximum absolute atomic E-state index is 13.3. The molecule has 50 heavy (non-hydrogen) atoms. The number of hydrogen-bond acceptors (Lipinski definition) is 7. The fourth-order valence-corrected chi connectivity index (χ4v) is 5.52. The van der Waals surface area contributed by atoms with Gasteiger partial charge < -0.3 is 28.8 Å². The van der Waals surface area contributed by atoms with E-state index in [-0.39, 0.29) is 42.9 Å². The Bertz CT molecular complexity index is 1590. The van der Waals surface area contributed by atoms with Crippen LogP contribution in [0.5, 0.6) is 0 Å². The summed E-state index contributed by atoms with van der Waals surface area (Å²) in [6.45, 7) is 2.57. The molecule has 2 atom stereocenters. The number of halogens is 6. The highest BCUT2D eigenvalue weighted by molar-refractivity contribution is 5.74. The summed E-state index contributed by atoms with van der Waals surface area (Å²) in [5.41, 5.74) is -3.72. The molecule has 0 saturated heterocycles. The van der Waals surface area contributed by atoms with E-state index in [4.69, 9.17) is 4.74 Å². The van der Waals surface area contributed by atoms with Gasteiger partial charge in [0, 0.05) is 37.6 Å². The number of likely N-dealkylation sites (N-methyl/N-ethyl adjacent to an activating group) is 2. The summed E-state index contributed by atoms with van der Waals surface area (Å²) in [7, 11) is 6.99. The molecular weight excluding hydrogens is 674 g/mol. The van der Waals surface area contributed by atoms with Gasteiger partial charge in [0.15, 0.2) is 0 Å². The Morgan fingerprint density at radius 2 is 1.16 bits per heavy atom. The number of carbonyl (C=O) groups is 2. The highest BCUT2D eigenvalue weighted by atomic mass is 19.4. The number of pyridine rings is 2. The second-order valence-corrected chi connectivity index (χ2v) is 13.5. The number of aromatic nitrogens is 2. The third-order valence-electron chi connectivity index (χ3n) is 8.62. The van der Waals surface area contributed by atoms with Crippen LogP contribution in [0.2, 0.25) is 0 Å². The van der Waals surface area contributed by atoms with Crippen molar-refractivity contribution in [1.82, 2.24) is 18.9 Å². The van der Waals surface area contributed by atoms with E-state index in [1.807, 2.05) is 0 Å². The fraction of sp³-hybridized carbons (Fsp3) is 0.647. The van der Waals surface area contributed by atoms with Crippen molar-refractivity contribution in [2.75, 3.05) is 47.9 Å². The monoisotopic (exact) mass is 720 g/mol. The molecule has 2 fully saturated rings. The normalized spacial score (nSPS) is 16.2. The molecule has 0 amide bonds. The Balaban J connectivity index is 0.000000271. The smallest absolute Gasteiger partial charge is 0.416 e. The molecule has 1 N–H and O–H groups in total. The number of esters is 1. The van der Waals surface area contributed by atoms with E-state index in [0.717, 1.165) is 41.0 Å². The lowest BCUT2D eigenvalue weighted by molar-refractivity contribution is -0.147. The highest BCUT2D eigenvalue weighted by Gasteiger charge is 2.38. The predicted octanol–water partition coefficient (Wildman–Crippen LogP) is 5.27. The lowest BCUT2D eigenvalue weighted by atomic mass is 10.0. The quantitative estimate of drug-likeness (QED) is 0.196. The van der Waals surface area contributed by atoms with Gasteiger partial charge in [-0.1, -0.05) is 25.7 Å². The summed E-state index contributed by atoms with van der Waals surface area (Å²) in [6.07, 6.45) is -2.39. The first-order chi connectivity index (χ1) is 23.2. The van der Waals surface area contributed by atoms with E-state index in [1.54, 1.807) is 44.9 Å². The first-order valence-corrected chi connectivity index (χ1v) is 16.6. The molecule has 0 bridgehead atoms. The van der Waals surface area contributed by atoms with Gasteiger partial charge in [-0.3, -0.25) is 9.59 Å². The van der Waals surface area contributed by atoms with Gasteiger partial charge in [0.2, 0.25) is 0 Å². The molecule has 0 aliphatic heterocycles. The number of nitrogens with zero attached hydrogens (tertiary/aromatic N) is 4. The minimum atomic E-state index is -4.64. The van der Waals surface area contributed by atoms with E-state index in [2.05, 4.69) is 0 Å². The molecule has 4 rings (SSSR count). The van der Waals surface area contributed by atoms with E-state index < -0.39 is 58.6 Å². The van der Waals surface area contributed by atoms with Gasteiger partial charge in [-0.2, -0.15) is 26.3 Å². The molecule has 2 aromatic rings. The molecule has 2 aliphatic carbocycles. The van der Waals surface area contributed by atoms with Crippen LogP contribution in [0.25, 0.3) is 0 Å². The molecule has 2 heterocycles. The summed E-state index contributed by atoms with van der Waals surface area (Å²) in [5.74, 6) is -1.23. The van der Waals surface area contributed by atoms with Gasteiger partial charge >= 0.3 is 24.3 Å². The van der Waals surface area contributed by atoms with Crippen LogP contribution in [0.1, 0.15) is 79.8 Å². The van der Waals surface area contributed by atoms with Crippen LogP contribution in [-0.4, -0.2) is 83.9 Å². The summed E-state index contributed by atoms with van der Waals surface area (Å²) in [6, 6.07) is -0.876. The van der Waals surface area contributed by atoms with Gasteiger partial charge in [-0.15, -0.1) is 0 Å². The van der Waals surface area contributed by atoms with Gasteiger partial charge in [0.25, 0.3) is 11.1 Å². The fourth-order valence-electron chi connectivity index (χ4n) is 5.52. The Hall–Kier alpha value is -3.66. The molecule has 280 valence electrons. The SMILES string of the molecule is CCOC(=O)C(CC1CC1)n1cc(CCN(C)C)c(C(F)(F)F)cc1=O.CN(C)CCc1cn(C(CC2CC2)C(=O)O)c(=O)cc1C(F)(F)F. The van der Waals surface area contributed by atoms with Gasteiger partial charge in [0.1, 0.15) is 12.1 Å². The van der Waals surface area contributed by atoms with E-state index in [1.165, 1.54) is 6.20 Å². The van der Waals surface area contributed by atoms with E-state index in [9.17, 15) is 50.6 Å². The molecule has 2 saturated carbocycles. The standard InChI is InChI=1S/C18H25F3N2O3.C16H21F3N2O3/c1-4-26-17(25)15(9-12-5-6-12)23-11-13(7-8-22(2)3)14(10-16(23)24)18(19,20)21;1-20(2)6-5-11-9-21(13(15(23)24)7-10-3-4-10)14(22)8-12(11)16(17,18)19/h10-12,15H,4-9H2,1-3H3;8-10,13H,3-7H2,1-2H3,(H,23,24). The molecule has 2 aromatic heterocycles. The average molecular weight is 721 g/mol. The maximum Gasteiger partial charge on any atom is 0.416 e. The number of carboxylic acids is 1. The van der Waals surface area contributed by atoms with Crippen LogP contribution in [0, 0.1) is 11.8 Å². The van der Waals surface area contributed by atoms with Crippen LogP contribution in [0.15, 0.2) is 34.1 Å². The molecule has 0 aromatic carbocycles. The summed E-state index contributed by atoms with van der Waals surface area (Å²) >= 11 is 0. The second-order valence-electron chi connectivity index (χ2n) is 13.5. The lowest BCUT2D eigenvalue weighted by Gasteiger charge is -2.22. The predicted molar refractivity (Wildman–Crippen MR) is 173 cm³/mol. The number of ether oxygens (including phenoxy) is 1. The molecule has 2 unspecified atom stereocenters. The number of carbonyl (C=O) groups excluding carboxylic acids is 1. The largest absolute Gasteiger partial charge is 0.480 e. The number of rotatable bonds is 15. The summed E-state index contributed by atoms with van der Waals surface area (Å²) < 4.78 is 86.7. The summed E-state index contributed by atoms with van der Waals surface area (Å²) in [5, 5.41) is 9.38. The summed E-state index contributed by atoms with van der Waals surface area (Å²) in [4.78, 5) is 51.8. The molecule has 2 aliphatic rings. The number of alkyl halides is 6. The lowest BCUT2D eigenvalue weighted by Crippen LogP contribution is -2.33. The highest BCUT2D eigenvalue weighted by Crippen LogP contribution is 2.39. The molecule has 16 heteroatoms. The Morgan fingerprint density at radius 1 is 0.780 bits per heavy atom. The van der Waals surface area contributed by atoms with Crippen molar-refractivity contribution in [3.63, 3.8) is 0 Å². The van der Waals surface area contributed by atoms with Crippen molar-refractivity contribution in [1.29, 1.82) is 0 Å². The third-order valence-corrected chi connectivity index (χ3v) is 8.62. The van der Waals surface area contributed by atoms with Crippen molar-refractivity contribution in [3.05, 3.63) is 67.5 Å². The van der Waals surface area contributed by atoms with Crippen molar-refractivity contribution in [3.8, 4) is 0 Å². The van der Waals surface area contributed by atoms with Crippen LogP contribution in [0.4, 0.5) is 26.3 Å². The number of carboxylic acid groups (broad SMARTS) is 1. The van der Waals surface area contributed by atoms with Gasteiger partial charge in [-0.25, -0.2) is 9.59 Å². The molecule has 0 radical (unpaired) electrons. The maximum atomic E-state index is 13.3. The van der Waals surface area contributed by atoms with Crippen LogP contribution >= 0.6 is 0 Å². The Labute approximate surface area is 286 Å². The zero-order valence-corrected chi connectivity index (χ0v) is 28.9. The van der Waals surface area contributed by atoms with E-state index >= 15 is 0 Å². The second kappa shape index (κ2) is 17.0. The number of aliphatic carboxylic acids is 1. The van der Waals surface area contributed by atoms with Crippen LogP contribution < -0.4 is 11.1 Å². The van der Waals surface area contributed by atoms with Crippen LogP contribution in [-0.2, 0) is 39.5 Å².